The molecule has 4 rings (SSSR count). The van der Waals surface area contributed by atoms with Gasteiger partial charge in [-0.2, -0.15) is 0 Å². The van der Waals surface area contributed by atoms with Gasteiger partial charge < -0.3 is 10.3 Å². The molecule has 1 aliphatic carbocycles. The highest BCUT2D eigenvalue weighted by Gasteiger charge is 2.21. The maximum absolute atomic E-state index is 14.6. The van der Waals surface area contributed by atoms with Gasteiger partial charge in [0, 0.05) is 28.4 Å². The quantitative estimate of drug-likeness (QED) is 0.751. The van der Waals surface area contributed by atoms with Crippen molar-refractivity contribution in [3.05, 3.63) is 47.8 Å². The summed E-state index contributed by atoms with van der Waals surface area (Å²) in [6.07, 6.45) is 6.16. The summed E-state index contributed by atoms with van der Waals surface area (Å²) in [7, 11) is 0. The zero-order chi connectivity index (χ0) is 16.7. The monoisotopic (exact) mass is 324 g/mol. The van der Waals surface area contributed by atoms with E-state index in [1.54, 1.807) is 12.1 Å². The van der Waals surface area contributed by atoms with E-state index in [9.17, 15) is 9.18 Å². The Morgan fingerprint density at radius 3 is 2.62 bits per heavy atom. The summed E-state index contributed by atoms with van der Waals surface area (Å²) in [6.45, 7) is 0.795. The standard InChI is InChI=1S/C20H21FN2O/c21-16-10-4-8-14-18-15(20(22)24)9-5-11-17(18)23(19(14)16)12-13-6-2-1-3-7-13/h4-5,8-11,13H,1-3,6-7,12H2,(H2,22,24). The Morgan fingerprint density at radius 2 is 1.88 bits per heavy atom. The molecule has 2 aromatic carbocycles. The highest BCUT2D eigenvalue weighted by atomic mass is 19.1. The molecule has 1 aromatic heterocycles. The Balaban J connectivity index is 1.99. The van der Waals surface area contributed by atoms with Crippen molar-refractivity contribution >= 4 is 27.7 Å². The van der Waals surface area contributed by atoms with E-state index in [2.05, 4.69) is 4.57 Å². The molecule has 0 aliphatic heterocycles. The lowest BCUT2D eigenvalue weighted by Crippen LogP contribution is -2.14. The number of hydrogen-bond donors (Lipinski definition) is 1. The minimum Gasteiger partial charge on any atom is -0.366 e. The molecule has 1 fully saturated rings. The van der Waals surface area contributed by atoms with Crippen molar-refractivity contribution in [2.24, 2.45) is 11.7 Å². The van der Waals surface area contributed by atoms with Crippen LogP contribution in [-0.2, 0) is 6.54 Å². The van der Waals surface area contributed by atoms with Crippen LogP contribution in [0.2, 0.25) is 0 Å². The molecule has 3 nitrogen and oxygen atoms in total. The molecule has 1 amide bonds. The number of nitrogens with two attached hydrogens (primary N) is 1. The Kier molecular flexibility index (Phi) is 3.75. The van der Waals surface area contributed by atoms with E-state index in [1.165, 1.54) is 38.2 Å². The molecule has 1 heterocycles. The first-order chi connectivity index (χ1) is 11.7. The van der Waals surface area contributed by atoms with Crippen molar-refractivity contribution in [2.75, 3.05) is 0 Å². The van der Waals surface area contributed by atoms with Crippen LogP contribution in [0.15, 0.2) is 36.4 Å². The molecule has 0 unspecified atom stereocenters. The van der Waals surface area contributed by atoms with E-state index >= 15 is 0 Å². The topological polar surface area (TPSA) is 48.0 Å². The second-order valence-electron chi connectivity index (χ2n) is 6.81. The van der Waals surface area contributed by atoms with E-state index in [4.69, 9.17) is 5.73 Å². The second-order valence-corrected chi connectivity index (χ2v) is 6.81. The first-order valence-corrected chi connectivity index (χ1v) is 8.66. The molecule has 2 N–H and O–H groups in total. The lowest BCUT2D eigenvalue weighted by Gasteiger charge is -2.23. The highest BCUT2D eigenvalue weighted by Crippen LogP contribution is 2.35. The average molecular weight is 324 g/mol. The fourth-order valence-corrected chi connectivity index (χ4v) is 4.18. The number of benzene rings is 2. The highest BCUT2D eigenvalue weighted by molar-refractivity contribution is 6.17. The maximum Gasteiger partial charge on any atom is 0.249 e. The smallest absolute Gasteiger partial charge is 0.249 e. The summed E-state index contributed by atoms with van der Waals surface area (Å²) in [5, 5.41) is 1.55. The minimum absolute atomic E-state index is 0.241. The van der Waals surface area contributed by atoms with Crippen molar-refractivity contribution in [1.29, 1.82) is 0 Å². The Morgan fingerprint density at radius 1 is 1.12 bits per heavy atom. The van der Waals surface area contributed by atoms with Crippen LogP contribution >= 0.6 is 0 Å². The number of aromatic nitrogens is 1. The number of halogens is 1. The van der Waals surface area contributed by atoms with Crippen molar-refractivity contribution in [3.8, 4) is 0 Å². The zero-order valence-corrected chi connectivity index (χ0v) is 13.6. The fraction of sp³-hybridized carbons (Fsp3) is 0.350. The molecular weight excluding hydrogens is 303 g/mol. The van der Waals surface area contributed by atoms with Crippen LogP contribution < -0.4 is 5.73 Å². The van der Waals surface area contributed by atoms with Gasteiger partial charge in [-0.25, -0.2) is 4.39 Å². The van der Waals surface area contributed by atoms with Gasteiger partial charge in [0.15, 0.2) is 0 Å². The summed E-state index contributed by atoms with van der Waals surface area (Å²) in [5.41, 5.74) is 7.51. The van der Waals surface area contributed by atoms with Crippen molar-refractivity contribution < 1.29 is 9.18 Å². The number of carbonyl (C=O) groups excluding carboxylic acids is 1. The predicted molar refractivity (Wildman–Crippen MR) is 94.5 cm³/mol. The first kappa shape index (κ1) is 15.2. The van der Waals surface area contributed by atoms with Gasteiger partial charge in [0.1, 0.15) is 5.82 Å². The number of para-hydroxylation sites is 1. The molecule has 0 atom stereocenters. The normalized spacial score (nSPS) is 16.0. The van der Waals surface area contributed by atoms with Crippen LogP contribution in [0.5, 0.6) is 0 Å². The number of rotatable bonds is 3. The van der Waals surface area contributed by atoms with Gasteiger partial charge in [-0.15, -0.1) is 0 Å². The summed E-state index contributed by atoms with van der Waals surface area (Å²) < 4.78 is 16.7. The van der Waals surface area contributed by atoms with Gasteiger partial charge in [-0.3, -0.25) is 4.79 Å². The molecular formula is C20H21FN2O. The summed E-state index contributed by atoms with van der Waals surface area (Å²) in [4.78, 5) is 11.9. The van der Waals surface area contributed by atoms with Crippen LogP contribution in [0.3, 0.4) is 0 Å². The van der Waals surface area contributed by atoms with E-state index in [0.29, 0.717) is 17.0 Å². The van der Waals surface area contributed by atoms with Gasteiger partial charge in [0.05, 0.1) is 5.52 Å². The second kappa shape index (κ2) is 5.93. The summed E-state index contributed by atoms with van der Waals surface area (Å²) >= 11 is 0. The van der Waals surface area contributed by atoms with Gasteiger partial charge in [0.2, 0.25) is 5.91 Å². The number of primary amides is 1. The largest absolute Gasteiger partial charge is 0.366 e. The van der Waals surface area contributed by atoms with Crippen molar-refractivity contribution in [2.45, 2.75) is 38.6 Å². The van der Waals surface area contributed by atoms with Crippen LogP contribution in [0.1, 0.15) is 42.5 Å². The third kappa shape index (κ3) is 2.37. The van der Waals surface area contributed by atoms with Gasteiger partial charge in [0.25, 0.3) is 0 Å². The number of fused-ring (bicyclic) bond motifs is 3. The molecule has 1 saturated carbocycles. The van der Waals surface area contributed by atoms with Crippen LogP contribution in [0, 0.1) is 11.7 Å². The molecule has 3 aromatic rings. The van der Waals surface area contributed by atoms with E-state index in [-0.39, 0.29) is 5.82 Å². The lowest BCUT2D eigenvalue weighted by molar-refractivity contribution is 0.100. The molecule has 24 heavy (non-hydrogen) atoms. The minimum atomic E-state index is -0.471. The number of amides is 1. The molecule has 0 saturated heterocycles. The zero-order valence-electron chi connectivity index (χ0n) is 13.6. The average Bonchev–Trinajstić information content (AvgIpc) is 2.91. The van der Waals surface area contributed by atoms with Crippen molar-refractivity contribution in [3.63, 3.8) is 0 Å². The number of carbonyl (C=O) groups is 1. The third-order valence-electron chi connectivity index (χ3n) is 5.29. The molecule has 0 radical (unpaired) electrons. The molecule has 0 spiro atoms. The van der Waals surface area contributed by atoms with Gasteiger partial charge >= 0.3 is 0 Å². The Hall–Kier alpha value is -2.36. The predicted octanol–water partition coefficient (Wildman–Crippen LogP) is 4.61. The fourth-order valence-electron chi connectivity index (χ4n) is 4.18. The number of hydrogen-bond acceptors (Lipinski definition) is 1. The first-order valence-electron chi connectivity index (χ1n) is 8.66. The molecule has 0 bridgehead atoms. The van der Waals surface area contributed by atoms with E-state index in [0.717, 1.165) is 22.8 Å². The molecule has 124 valence electrons. The Bertz CT molecular complexity index is 922. The van der Waals surface area contributed by atoms with Crippen molar-refractivity contribution in [1.82, 2.24) is 4.57 Å². The maximum atomic E-state index is 14.6. The van der Waals surface area contributed by atoms with Gasteiger partial charge in [-0.05, 0) is 37.0 Å². The third-order valence-corrected chi connectivity index (χ3v) is 5.29. The summed E-state index contributed by atoms with van der Waals surface area (Å²) in [6, 6.07) is 10.6. The van der Waals surface area contributed by atoms with E-state index < -0.39 is 5.91 Å². The molecule has 4 heteroatoms. The van der Waals surface area contributed by atoms with Crippen LogP contribution in [0.4, 0.5) is 4.39 Å². The SMILES string of the molecule is NC(=O)c1cccc2c1c1cccc(F)c1n2CC1CCCCC1. The molecule has 1 aliphatic rings. The van der Waals surface area contributed by atoms with Crippen LogP contribution in [0.25, 0.3) is 21.8 Å². The van der Waals surface area contributed by atoms with Crippen LogP contribution in [-0.4, -0.2) is 10.5 Å². The van der Waals surface area contributed by atoms with E-state index in [1.807, 2.05) is 18.2 Å². The number of nitrogens with zero attached hydrogens (tertiary/aromatic N) is 1. The Labute approximate surface area is 140 Å². The lowest BCUT2D eigenvalue weighted by atomic mass is 9.89. The summed E-state index contributed by atoms with van der Waals surface area (Å²) in [5.74, 6) is -0.147. The van der Waals surface area contributed by atoms with Gasteiger partial charge in [-0.1, -0.05) is 37.5 Å².